The monoisotopic (exact) mass is 476 g/mol. The number of hydrazone groups is 1. The third kappa shape index (κ3) is 5.32. The summed E-state index contributed by atoms with van der Waals surface area (Å²) in [5.41, 5.74) is 6.79. The first-order chi connectivity index (χ1) is 16.6. The summed E-state index contributed by atoms with van der Waals surface area (Å²) in [5, 5.41) is 4.92. The number of para-hydroxylation sites is 2. The number of methoxy groups -OCH3 is 3. The van der Waals surface area contributed by atoms with Gasteiger partial charge in [0, 0.05) is 16.9 Å². The molecule has 0 fully saturated rings. The van der Waals surface area contributed by atoms with Gasteiger partial charge in [-0.25, -0.2) is 10.4 Å². The van der Waals surface area contributed by atoms with Gasteiger partial charge in [0.15, 0.2) is 16.7 Å². The molecule has 0 bridgehead atoms. The zero-order valence-electron chi connectivity index (χ0n) is 19.0. The Morgan fingerprint density at radius 2 is 1.74 bits per heavy atom. The molecule has 0 aliphatic carbocycles. The van der Waals surface area contributed by atoms with E-state index in [0.717, 1.165) is 27.5 Å². The number of carbonyl (C=O) groups is 1. The molecule has 4 aromatic rings. The van der Waals surface area contributed by atoms with E-state index in [9.17, 15) is 4.79 Å². The van der Waals surface area contributed by atoms with Crippen molar-refractivity contribution >= 4 is 34.9 Å². The van der Waals surface area contributed by atoms with Crippen LogP contribution in [-0.2, 0) is 5.75 Å². The second-order valence-electron chi connectivity index (χ2n) is 7.20. The molecule has 0 unspecified atom stereocenters. The molecule has 0 aliphatic heterocycles. The number of benzene rings is 3. The van der Waals surface area contributed by atoms with Crippen molar-refractivity contribution in [1.29, 1.82) is 0 Å². The number of thioether (sulfide) groups is 1. The fraction of sp³-hybridized carbons (Fsp3) is 0.160. The van der Waals surface area contributed by atoms with E-state index in [1.807, 2.05) is 36.4 Å². The number of aromatic amines is 1. The summed E-state index contributed by atoms with van der Waals surface area (Å²) < 4.78 is 16.0. The van der Waals surface area contributed by atoms with E-state index in [-0.39, 0.29) is 5.91 Å². The van der Waals surface area contributed by atoms with Crippen LogP contribution in [-0.4, -0.2) is 43.4 Å². The second kappa shape index (κ2) is 10.8. The van der Waals surface area contributed by atoms with Crippen LogP contribution in [0.2, 0.25) is 0 Å². The van der Waals surface area contributed by atoms with Crippen molar-refractivity contribution in [3.8, 4) is 17.2 Å². The number of imidazole rings is 1. The highest BCUT2D eigenvalue weighted by Gasteiger charge is 2.12. The lowest BCUT2D eigenvalue weighted by molar-refractivity contribution is 0.0955. The van der Waals surface area contributed by atoms with Gasteiger partial charge in [0.1, 0.15) is 0 Å². The molecule has 3 aromatic carbocycles. The largest absolute Gasteiger partial charge is 0.493 e. The average Bonchev–Trinajstić information content (AvgIpc) is 3.30. The first kappa shape index (κ1) is 23.2. The minimum Gasteiger partial charge on any atom is -0.493 e. The Balaban J connectivity index is 1.35. The molecule has 0 radical (unpaired) electrons. The summed E-state index contributed by atoms with van der Waals surface area (Å²) in [5.74, 6) is 1.93. The third-order valence-corrected chi connectivity index (χ3v) is 5.97. The lowest BCUT2D eigenvalue weighted by atomic mass is 10.1. The van der Waals surface area contributed by atoms with E-state index in [0.29, 0.717) is 28.4 Å². The number of carbonyl (C=O) groups excluding carboxylic acids is 1. The zero-order valence-corrected chi connectivity index (χ0v) is 19.8. The molecule has 1 heterocycles. The molecule has 4 rings (SSSR count). The van der Waals surface area contributed by atoms with Gasteiger partial charge in [-0.05, 0) is 42.0 Å². The molecule has 1 amide bonds. The molecule has 2 N–H and O–H groups in total. The maximum Gasteiger partial charge on any atom is 0.271 e. The summed E-state index contributed by atoms with van der Waals surface area (Å²) in [6.07, 6.45) is 1.51. The lowest BCUT2D eigenvalue weighted by Gasteiger charge is -2.12. The SMILES string of the molecule is COc1cc(/C=N/NC(=O)c2ccc(CSc3nc4ccccc4[nH]3)cc2)cc(OC)c1OC. The Kier molecular flexibility index (Phi) is 7.34. The number of nitrogens with zero attached hydrogens (tertiary/aromatic N) is 2. The number of aromatic nitrogens is 2. The molecule has 9 heteroatoms. The summed E-state index contributed by atoms with van der Waals surface area (Å²) in [7, 11) is 4.62. The molecule has 1 aromatic heterocycles. The van der Waals surface area contributed by atoms with Gasteiger partial charge in [0.2, 0.25) is 5.75 Å². The van der Waals surface area contributed by atoms with Gasteiger partial charge in [0.05, 0.1) is 38.6 Å². The predicted octanol–water partition coefficient (Wildman–Crippen LogP) is 4.64. The average molecular weight is 477 g/mol. The van der Waals surface area contributed by atoms with Crippen LogP contribution in [0.5, 0.6) is 17.2 Å². The summed E-state index contributed by atoms with van der Waals surface area (Å²) in [6.45, 7) is 0. The molecular weight excluding hydrogens is 452 g/mol. The second-order valence-corrected chi connectivity index (χ2v) is 8.17. The number of hydrogen-bond acceptors (Lipinski definition) is 7. The van der Waals surface area contributed by atoms with Crippen molar-refractivity contribution in [2.45, 2.75) is 10.9 Å². The van der Waals surface area contributed by atoms with Crippen LogP contribution >= 0.6 is 11.8 Å². The Hall–Kier alpha value is -3.98. The topological polar surface area (TPSA) is 97.8 Å². The van der Waals surface area contributed by atoms with Gasteiger partial charge in [-0.1, -0.05) is 36.0 Å². The van der Waals surface area contributed by atoms with E-state index >= 15 is 0 Å². The van der Waals surface area contributed by atoms with Crippen LogP contribution in [0, 0.1) is 0 Å². The molecule has 0 atom stereocenters. The summed E-state index contributed by atoms with van der Waals surface area (Å²) in [4.78, 5) is 20.3. The van der Waals surface area contributed by atoms with Gasteiger partial charge in [0.25, 0.3) is 5.91 Å². The number of nitrogens with one attached hydrogen (secondary N) is 2. The van der Waals surface area contributed by atoms with Crippen molar-refractivity contribution in [3.05, 3.63) is 77.4 Å². The number of fused-ring (bicyclic) bond motifs is 1. The Bertz CT molecular complexity index is 1260. The van der Waals surface area contributed by atoms with Crippen LogP contribution in [0.3, 0.4) is 0 Å². The van der Waals surface area contributed by atoms with Gasteiger partial charge in [-0.15, -0.1) is 0 Å². The summed E-state index contributed by atoms with van der Waals surface area (Å²) in [6, 6.07) is 18.8. The molecule has 34 heavy (non-hydrogen) atoms. The first-order valence-corrected chi connectivity index (χ1v) is 11.4. The third-order valence-electron chi connectivity index (χ3n) is 5.03. The van der Waals surface area contributed by atoms with Crippen molar-refractivity contribution < 1.29 is 19.0 Å². The number of rotatable bonds is 9. The molecular formula is C25H24N4O4S. The first-order valence-electron chi connectivity index (χ1n) is 10.4. The number of amides is 1. The van der Waals surface area contributed by atoms with E-state index < -0.39 is 0 Å². The Morgan fingerprint density at radius 1 is 1.03 bits per heavy atom. The molecule has 0 spiro atoms. The summed E-state index contributed by atoms with van der Waals surface area (Å²) >= 11 is 1.61. The quantitative estimate of drug-likeness (QED) is 0.207. The zero-order chi connectivity index (χ0) is 23.9. The van der Waals surface area contributed by atoms with Gasteiger partial charge in [-0.3, -0.25) is 4.79 Å². The Morgan fingerprint density at radius 3 is 2.38 bits per heavy atom. The van der Waals surface area contributed by atoms with Gasteiger partial charge < -0.3 is 19.2 Å². The van der Waals surface area contributed by atoms with E-state index in [1.54, 1.807) is 50.2 Å². The van der Waals surface area contributed by atoms with Crippen LogP contribution < -0.4 is 19.6 Å². The number of hydrogen-bond donors (Lipinski definition) is 2. The van der Waals surface area contributed by atoms with E-state index in [4.69, 9.17) is 14.2 Å². The molecule has 0 saturated heterocycles. The van der Waals surface area contributed by atoms with Gasteiger partial charge >= 0.3 is 0 Å². The molecule has 174 valence electrons. The maximum absolute atomic E-state index is 12.5. The molecule has 8 nitrogen and oxygen atoms in total. The van der Waals surface area contributed by atoms with E-state index in [2.05, 4.69) is 20.5 Å². The fourth-order valence-corrected chi connectivity index (χ4v) is 4.15. The molecule has 0 saturated carbocycles. The highest BCUT2D eigenvalue weighted by Crippen LogP contribution is 2.37. The smallest absolute Gasteiger partial charge is 0.271 e. The highest BCUT2D eigenvalue weighted by molar-refractivity contribution is 7.98. The highest BCUT2D eigenvalue weighted by atomic mass is 32.2. The standard InChI is InChI=1S/C25H24N4O4S/c1-31-21-12-17(13-22(32-2)23(21)33-3)14-26-29-24(30)18-10-8-16(9-11-18)15-34-25-27-19-6-4-5-7-20(19)28-25/h4-14H,15H2,1-3H3,(H,27,28)(H,29,30)/b26-14+. The predicted molar refractivity (Wildman–Crippen MR) is 133 cm³/mol. The molecule has 0 aliphatic rings. The van der Waals surface area contributed by atoms with Crippen LogP contribution in [0.4, 0.5) is 0 Å². The maximum atomic E-state index is 12.5. The van der Waals surface area contributed by atoms with E-state index in [1.165, 1.54) is 13.3 Å². The lowest BCUT2D eigenvalue weighted by Crippen LogP contribution is -2.17. The minimum atomic E-state index is -0.305. The van der Waals surface area contributed by atoms with Crippen molar-refractivity contribution in [2.24, 2.45) is 5.10 Å². The van der Waals surface area contributed by atoms with Crippen molar-refractivity contribution in [3.63, 3.8) is 0 Å². The van der Waals surface area contributed by atoms with Gasteiger partial charge in [-0.2, -0.15) is 5.10 Å². The minimum absolute atomic E-state index is 0.305. The number of H-pyrrole nitrogens is 1. The fourth-order valence-electron chi connectivity index (χ4n) is 3.31. The van der Waals surface area contributed by atoms with Crippen molar-refractivity contribution in [2.75, 3.05) is 21.3 Å². The van der Waals surface area contributed by atoms with Crippen LogP contribution in [0.15, 0.2) is 70.9 Å². The normalized spacial score (nSPS) is 11.0. The van der Waals surface area contributed by atoms with Crippen LogP contribution in [0.1, 0.15) is 21.5 Å². The Labute approximate surface area is 201 Å². The number of ether oxygens (including phenoxy) is 3. The van der Waals surface area contributed by atoms with Crippen LogP contribution in [0.25, 0.3) is 11.0 Å². The van der Waals surface area contributed by atoms with Crippen molar-refractivity contribution in [1.82, 2.24) is 15.4 Å².